The molecule has 1 heterocycles. The number of rotatable bonds is 7. The Morgan fingerprint density at radius 2 is 1.81 bits per heavy atom. The largest absolute Gasteiger partial charge is 0.334 e. The lowest BCUT2D eigenvalue weighted by Crippen LogP contribution is -1.98. The summed E-state index contributed by atoms with van der Waals surface area (Å²) in [5.74, 6) is 1.15. The van der Waals surface area contributed by atoms with Gasteiger partial charge in [-0.3, -0.25) is 0 Å². The third kappa shape index (κ3) is 4.81. The zero-order valence-corrected chi connectivity index (χ0v) is 15.5. The van der Waals surface area contributed by atoms with Gasteiger partial charge in [0.2, 0.25) is 5.82 Å². The van der Waals surface area contributed by atoms with Gasteiger partial charge in [0.05, 0.1) is 0 Å². The third-order valence-electron chi connectivity index (χ3n) is 4.12. The molecule has 0 aliphatic rings. The highest BCUT2D eigenvalue weighted by Crippen LogP contribution is 2.26. The van der Waals surface area contributed by atoms with Gasteiger partial charge in [-0.05, 0) is 56.5 Å². The number of unbranched alkanes of at least 4 members (excludes halogenated alkanes) is 1. The van der Waals surface area contributed by atoms with Gasteiger partial charge >= 0.3 is 0 Å². The molecule has 0 atom stereocenters. The van der Waals surface area contributed by atoms with E-state index in [0.717, 1.165) is 36.0 Å². The topological polar surface area (TPSA) is 64.9 Å². The number of aromatic nitrogens is 2. The van der Waals surface area contributed by atoms with E-state index in [1.165, 1.54) is 5.56 Å². The van der Waals surface area contributed by atoms with E-state index in [1.807, 2.05) is 48.5 Å². The van der Waals surface area contributed by atoms with E-state index in [-0.39, 0.29) is 0 Å². The van der Waals surface area contributed by atoms with Gasteiger partial charge in [-0.25, -0.2) is 0 Å². The van der Waals surface area contributed by atoms with Crippen LogP contribution in [-0.2, 0) is 0 Å². The van der Waals surface area contributed by atoms with Gasteiger partial charge in [-0.2, -0.15) is 4.98 Å². The summed E-state index contributed by atoms with van der Waals surface area (Å²) in [6.07, 6.45) is 4.82. The number of nitrogens with two attached hydrogens (primary N) is 1. The number of hydrogen-bond donors (Lipinski definition) is 1. The lowest BCUT2D eigenvalue weighted by atomic mass is 10.0. The molecule has 0 saturated carbocycles. The maximum atomic E-state index is 5.97. The number of halogens is 1. The second-order valence-electron chi connectivity index (χ2n) is 6.26. The fourth-order valence-corrected chi connectivity index (χ4v) is 2.76. The quantitative estimate of drug-likeness (QED) is 0.570. The Balaban J connectivity index is 1.89. The van der Waals surface area contributed by atoms with Gasteiger partial charge in [0, 0.05) is 16.2 Å². The Morgan fingerprint density at radius 1 is 1.08 bits per heavy atom. The van der Waals surface area contributed by atoms with Crippen molar-refractivity contribution in [1.82, 2.24) is 10.1 Å². The molecule has 1 aromatic heterocycles. The van der Waals surface area contributed by atoms with E-state index in [4.69, 9.17) is 21.9 Å². The van der Waals surface area contributed by atoms with Gasteiger partial charge in [-0.15, -0.1) is 0 Å². The molecule has 2 aromatic carbocycles. The summed E-state index contributed by atoms with van der Waals surface area (Å²) in [6, 6.07) is 15.8. The molecule has 2 N–H and O–H groups in total. The summed E-state index contributed by atoms with van der Waals surface area (Å²) in [5, 5.41) is 4.86. The van der Waals surface area contributed by atoms with Gasteiger partial charge in [0.1, 0.15) is 0 Å². The first-order valence-electron chi connectivity index (χ1n) is 8.73. The number of benzene rings is 2. The minimum absolute atomic E-state index is 0.549. The van der Waals surface area contributed by atoms with Crippen molar-refractivity contribution >= 4 is 23.3 Å². The molecular formula is C21H22ClN3O. The van der Waals surface area contributed by atoms with E-state index in [0.29, 0.717) is 23.3 Å². The van der Waals surface area contributed by atoms with Crippen molar-refractivity contribution in [2.75, 3.05) is 6.54 Å². The molecule has 0 spiro atoms. The van der Waals surface area contributed by atoms with E-state index >= 15 is 0 Å². The molecule has 0 fully saturated rings. The van der Waals surface area contributed by atoms with Gasteiger partial charge in [-0.1, -0.05) is 58.7 Å². The maximum Gasteiger partial charge on any atom is 0.254 e. The van der Waals surface area contributed by atoms with Crippen LogP contribution < -0.4 is 5.73 Å². The van der Waals surface area contributed by atoms with Gasteiger partial charge in [0.25, 0.3) is 5.89 Å². The minimum Gasteiger partial charge on any atom is -0.334 e. The Morgan fingerprint density at radius 3 is 2.50 bits per heavy atom. The van der Waals surface area contributed by atoms with Crippen LogP contribution in [0.3, 0.4) is 0 Å². The van der Waals surface area contributed by atoms with Crippen LogP contribution in [0, 0.1) is 6.92 Å². The molecule has 0 amide bonds. The van der Waals surface area contributed by atoms with Crippen LogP contribution in [0.15, 0.2) is 53.1 Å². The SMILES string of the molecule is Cc1ccc(-c2noc(/C(=C/c3ccc(Cl)cc3)CCCCN)n2)cc1. The molecule has 5 heteroatoms. The smallest absolute Gasteiger partial charge is 0.254 e. The molecule has 0 unspecified atom stereocenters. The van der Waals surface area contributed by atoms with Crippen LogP contribution in [0.2, 0.25) is 5.02 Å². The number of aryl methyl sites for hydroxylation is 1. The minimum atomic E-state index is 0.549. The number of allylic oxidation sites excluding steroid dienone is 1. The number of hydrogen-bond acceptors (Lipinski definition) is 4. The molecule has 26 heavy (non-hydrogen) atoms. The zero-order chi connectivity index (χ0) is 18.4. The number of nitrogens with zero attached hydrogens (tertiary/aromatic N) is 2. The van der Waals surface area contributed by atoms with E-state index in [9.17, 15) is 0 Å². The van der Waals surface area contributed by atoms with E-state index in [1.54, 1.807) is 0 Å². The molecule has 0 aliphatic heterocycles. The van der Waals surface area contributed by atoms with Crippen LogP contribution in [0.4, 0.5) is 0 Å². The Kier molecular flexibility index (Phi) is 6.21. The van der Waals surface area contributed by atoms with Crippen LogP contribution in [-0.4, -0.2) is 16.7 Å². The normalized spacial score (nSPS) is 11.7. The van der Waals surface area contributed by atoms with Crippen LogP contribution in [0.5, 0.6) is 0 Å². The first-order chi connectivity index (χ1) is 12.7. The zero-order valence-electron chi connectivity index (χ0n) is 14.8. The summed E-state index contributed by atoms with van der Waals surface area (Å²) in [7, 11) is 0. The standard InChI is InChI=1S/C21H22ClN3O/c1-15-5-9-17(10-6-15)20-24-21(26-25-20)18(4-2-3-13-23)14-16-7-11-19(22)12-8-16/h5-12,14H,2-4,13,23H2,1H3/b18-14+. The summed E-state index contributed by atoms with van der Waals surface area (Å²) < 4.78 is 5.55. The van der Waals surface area contributed by atoms with Crippen LogP contribution >= 0.6 is 11.6 Å². The van der Waals surface area contributed by atoms with Crippen LogP contribution in [0.1, 0.15) is 36.3 Å². The summed E-state index contributed by atoms with van der Waals surface area (Å²) in [4.78, 5) is 4.60. The molecule has 0 saturated heterocycles. The second kappa shape index (κ2) is 8.79. The van der Waals surface area contributed by atoms with Crippen molar-refractivity contribution in [3.8, 4) is 11.4 Å². The molecule has 3 rings (SSSR count). The maximum absolute atomic E-state index is 5.97. The third-order valence-corrected chi connectivity index (χ3v) is 4.37. The molecular weight excluding hydrogens is 346 g/mol. The predicted octanol–water partition coefficient (Wildman–Crippen LogP) is 5.37. The molecule has 4 nitrogen and oxygen atoms in total. The lowest BCUT2D eigenvalue weighted by Gasteiger charge is -2.03. The van der Waals surface area contributed by atoms with E-state index in [2.05, 4.69) is 23.1 Å². The van der Waals surface area contributed by atoms with Crippen molar-refractivity contribution in [2.45, 2.75) is 26.2 Å². The summed E-state index contributed by atoms with van der Waals surface area (Å²) >= 11 is 5.97. The molecule has 0 aliphatic carbocycles. The first-order valence-corrected chi connectivity index (χ1v) is 9.11. The fourth-order valence-electron chi connectivity index (χ4n) is 2.63. The Bertz CT molecular complexity index is 867. The molecule has 134 valence electrons. The van der Waals surface area contributed by atoms with Gasteiger partial charge in [0.15, 0.2) is 0 Å². The highest BCUT2D eigenvalue weighted by atomic mass is 35.5. The monoisotopic (exact) mass is 367 g/mol. The molecule has 3 aromatic rings. The predicted molar refractivity (Wildman–Crippen MR) is 107 cm³/mol. The summed E-state index contributed by atoms with van der Waals surface area (Å²) in [5.41, 5.74) is 9.82. The molecule has 0 radical (unpaired) electrons. The van der Waals surface area contributed by atoms with Gasteiger partial charge < -0.3 is 10.3 Å². The average molecular weight is 368 g/mol. The lowest BCUT2D eigenvalue weighted by molar-refractivity contribution is 0.406. The highest BCUT2D eigenvalue weighted by molar-refractivity contribution is 6.30. The van der Waals surface area contributed by atoms with Crippen molar-refractivity contribution in [2.24, 2.45) is 5.73 Å². The Hall–Kier alpha value is -2.43. The van der Waals surface area contributed by atoms with Crippen molar-refractivity contribution in [1.29, 1.82) is 0 Å². The Labute approximate surface area is 158 Å². The van der Waals surface area contributed by atoms with Crippen molar-refractivity contribution in [3.63, 3.8) is 0 Å². The van der Waals surface area contributed by atoms with Crippen molar-refractivity contribution < 1.29 is 4.52 Å². The van der Waals surface area contributed by atoms with Crippen molar-refractivity contribution in [3.05, 3.63) is 70.6 Å². The highest BCUT2D eigenvalue weighted by Gasteiger charge is 2.13. The fraction of sp³-hybridized carbons (Fsp3) is 0.238. The van der Waals surface area contributed by atoms with E-state index < -0.39 is 0 Å². The second-order valence-corrected chi connectivity index (χ2v) is 6.69. The average Bonchev–Trinajstić information content (AvgIpc) is 3.13. The first kappa shape index (κ1) is 18.4. The van der Waals surface area contributed by atoms with Crippen LogP contribution in [0.25, 0.3) is 23.0 Å². The summed E-state index contributed by atoms with van der Waals surface area (Å²) in [6.45, 7) is 2.72. The molecule has 0 bridgehead atoms.